The van der Waals surface area contributed by atoms with Crippen molar-refractivity contribution in [1.29, 1.82) is 0 Å². The maximum atomic E-state index is 6.32. The van der Waals surface area contributed by atoms with Gasteiger partial charge in [0.15, 0.2) is 0 Å². The van der Waals surface area contributed by atoms with Crippen LogP contribution in [0.15, 0.2) is 18.2 Å². The second-order valence-corrected chi connectivity index (χ2v) is 5.19. The third-order valence-electron chi connectivity index (χ3n) is 3.65. The highest BCUT2D eigenvalue weighted by atomic mass is 35.5. The molecule has 1 aromatic rings. The van der Waals surface area contributed by atoms with E-state index in [0.29, 0.717) is 6.04 Å². The number of halogens is 1. The second kappa shape index (κ2) is 5.63. The molecule has 2 rings (SSSR count). The van der Waals surface area contributed by atoms with Crippen LogP contribution >= 0.6 is 11.6 Å². The number of nitrogens with two attached hydrogens (primary N) is 1. The van der Waals surface area contributed by atoms with Crippen LogP contribution in [0.25, 0.3) is 0 Å². The van der Waals surface area contributed by atoms with Crippen molar-refractivity contribution in [3.05, 3.63) is 23.2 Å². The normalized spacial score (nSPS) is 21.3. The van der Waals surface area contributed by atoms with E-state index < -0.39 is 0 Å². The molecule has 2 N–H and O–H groups in total. The molecule has 0 aliphatic carbocycles. The first-order valence-corrected chi connectivity index (χ1v) is 6.92. The molecule has 1 saturated heterocycles. The van der Waals surface area contributed by atoms with E-state index >= 15 is 0 Å². The fraction of sp³-hybridized carbons (Fsp3) is 0.571. The molecule has 1 heterocycles. The van der Waals surface area contributed by atoms with Crippen molar-refractivity contribution in [3.63, 3.8) is 0 Å². The van der Waals surface area contributed by atoms with E-state index in [1.165, 1.54) is 25.7 Å². The minimum absolute atomic E-state index is 0.583. The maximum Gasteiger partial charge on any atom is 0.0791 e. The van der Waals surface area contributed by atoms with Crippen LogP contribution in [0.4, 0.5) is 11.4 Å². The van der Waals surface area contributed by atoms with Gasteiger partial charge in [-0.3, -0.25) is 0 Å². The summed E-state index contributed by atoms with van der Waals surface area (Å²) in [6, 6.07) is 6.38. The van der Waals surface area contributed by atoms with E-state index in [4.69, 9.17) is 17.3 Å². The van der Waals surface area contributed by atoms with E-state index in [9.17, 15) is 0 Å². The Hall–Kier alpha value is -0.890. The summed E-state index contributed by atoms with van der Waals surface area (Å²) in [4.78, 5) is 2.42. The van der Waals surface area contributed by atoms with Crippen LogP contribution < -0.4 is 10.6 Å². The molecule has 0 spiro atoms. The van der Waals surface area contributed by atoms with Crippen LogP contribution in [0.1, 0.15) is 39.0 Å². The Morgan fingerprint density at radius 2 is 2.18 bits per heavy atom. The number of hydrogen-bond donors (Lipinski definition) is 1. The lowest BCUT2D eigenvalue weighted by Crippen LogP contribution is -2.35. The Bertz CT molecular complexity index is 358. The molecule has 1 aliphatic rings. The molecule has 1 atom stereocenters. The molecule has 1 unspecified atom stereocenters. The lowest BCUT2D eigenvalue weighted by molar-refractivity contribution is 0.557. The predicted octanol–water partition coefficient (Wildman–Crippen LogP) is 4.08. The second-order valence-electron chi connectivity index (χ2n) is 4.78. The SMILES string of the molecule is CCC1CCCCCN1c1c(N)cccc1Cl. The van der Waals surface area contributed by atoms with Crippen molar-refractivity contribution in [2.45, 2.75) is 45.1 Å². The van der Waals surface area contributed by atoms with Gasteiger partial charge in [0.05, 0.1) is 16.4 Å². The minimum atomic E-state index is 0.583. The summed E-state index contributed by atoms with van der Waals surface area (Å²) in [6.45, 7) is 3.32. The van der Waals surface area contributed by atoms with Crippen LogP contribution in [0.5, 0.6) is 0 Å². The molecule has 0 radical (unpaired) electrons. The first kappa shape index (κ1) is 12.6. The average Bonchev–Trinajstić information content (AvgIpc) is 2.54. The Morgan fingerprint density at radius 1 is 1.35 bits per heavy atom. The van der Waals surface area contributed by atoms with Crippen molar-refractivity contribution in [1.82, 2.24) is 0 Å². The molecule has 1 aromatic carbocycles. The van der Waals surface area contributed by atoms with E-state index in [2.05, 4.69) is 11.8 Å². The summed E-state index contributed by atoms with van der Waals surface area (Å²) in [6.07, 6.45) is 6.28. The van der Waals surface area contributed by atoms with Gasteiger partial charge in [0.25, 0.3) is 0 Å². The van der Waals surface area contributed by atoms with Gasteiger partial charge >= 0.3 is 0 Å². The van der Waals surface area contributed by atoms with Crippen LogP contribution in [-0.4, -0.2) is 12.6 Å². The third kappa shape index (κ3) is 2.68. The van der Waals surface area contributed by atoms with Gasteiger partial charge in [0.2, 0.25) is 0 Å². The van der Waals surface area contributed by atoms with Gasteiger partial charge < -0.3 is 10.6 Å². The van der Waals surface area contributed by atoms with Gasteiger partial charge in [-0.2, -0.15) is 0 Å². The number of nitrogen functional groups attached to an aromatic ring is 1. The van der Waals surface area contributed by atoms with Crippen LogP contribution in [0, 0.1) is 0 Å². The molecule has 94 valence electrons. The molecule has 0 aromatic heterocycles. The number of hydrogen-bond acceptors (Lipinski definition) is 2. The van der Waals surface area contributed by atoms with Crippen LogP contribution in [-0.2, 0) is 0 Å². The van der Waals surface area contributed by atoms with Gasteiger partial charge in [-0.05, 0) is 31.4 Å². The molecule has 17 heavy (non-hydrogen) atoms. The molecule has 1 fully saturated rings. The van der Waals surface area contributed by atoms with Gasteiger partial charge in [0, 0.05) is 12.6 Å². The zero-order valence-electron chi connectivity index (χ0n) is 10.5. The number of rotatable bonds is 2. The monoisotopic (exact) mass is 252 g/mol. The van der Waals surface area contributed by atoms with E-state index in [1.807, 2.05) is 18.2 Å². The molecular weight excluding hydrogens is 232 g/mol. The molecule has 1 aliphatic heterocycles. The first-order valence-electron chi connectivity index (χ1n) is 6.54. The Morgan fingerprint density at radius 3 is 2.88 bits per heavy atom. The summed E-state index contributed by atoms with van der Waals surface area (Å²) in [7, 11) is 0. The predicted molar refractivity (Wildman–Crippen MR) is 75.8 cm³/mol. The first-order chi connectivity index (χ1) is 8.24. The molecular formula is C14H21ClN2. The quantitative estimate of drug-likeness (QED) is 0.804. The zero-order valence-corrected chi connectivity index (χ0v) is 11.2. The number of benzene rings is 1. The molecule has 0 bridgehead atoms. The van der Waals surface area contributed by atoms with Gasteiger partial charge in [-0.15, -0.1) is 0 Å². The smallest absolute Gasteiger partial charge is 0.0791 e. The highest BCUT2D eigenvalue weighted by Crippen LogP contribution is 2.36. The van der Waals surface area contributed by atoms with E-state index in [0.717, 1.165) is 29.4 Å². The lowest BCUT2D eigenvalue weighted by atomic mass is 10.1. The summed E-state index contributed by atoms with van der Waals surface area (Å²) < 4.78 is 0. The fourth-order valence-electron chi connectivity index (χ4n) is 2.73. The van der Waals surface area contributed by atoms with Crippen molar-refractivity contribution >= 4 is 23.0 Å². The average molecular weight is 253 g/mol. The highest BCUT2D eigenvalue weighted by Gasteiger charge is 2.22. The number of anilines is 2. The lowest BCUT2D eigenvalue weighted by Gasteiger charge is -2.33. The Labute approximate surface area is 109 Å². The van der Waals surface area contributed by atoms with E-state index in [-0.39, 0.29) is 0 Å². The van der Waals surface area contributed by atoms with Crippen molar-refractivity contribution in [2.24, 2.45) is 0 Å². The van der Waals surface area contributed by atoms with Gasteiger partial charge in [-0.1, -0.05) is 37.4 Å². The topological polar surface area (TPSA) is 29.3 Å². The third-order valence-corrected chi connectivity index (χ3v) is 3.96. The van der Waals surface area contributed by atoms with Gasteiger partial charge in [-0.25, -0.2) is 0 Å². The fourth-order valence-corrected chi connectivity index (χ4v) is 3.02. The van der Waals surface area contributed by atoms with Crippen molar-refractivity contribution < 1.29 is 0 Å². The van der Waals surface area contributed by atoms with Gasteiger partial charge in [0.1, 0.15) is 0 Å². The van der Waals surface area contributed by atoms with Crippen LogP contribution in [0.2, 0.25) is 5.02 Å². The maximum absolute atomic E-state index is 6.32. The van der Waals surface area contributed by atoms with Crippen molar-refractivity contribution in [2.75, 3.05) is 17.2 Å². The summed E-state index contributed by atoms with van der Waals surface area (Å²) in [5, 5.41) is 0.783. The highest BCUT2D eigenvalue weighted by molar-refractivity contribution is 6.34. The Balaban J connectivity index is 2.34. The number of nitrogens with zero attached hydrogens (tertiary/aromatic N) is 1. The summed E-state index contributed by atoms with van der Waals surface area (Å²) in [5.74, 6) is 0. The van der Waals surface area contributed by atoms with Crippen LogP contribution in [0.3, 0.4) is 0 Å². The minimum Gasteiger partial charge on any atom is -0.397 e. The molecule has 2 nitrogen and oxygen atoms in total. The standard InChI is InChI=1S/C14H21ClN2/c1-2-11-7-4-3-5-10-17(11)14-12(15)8-6-9-13(14)16/h6,8-9,11H,2-5,7,10,16H2,1H3. The van der Waals surface area contributed by atoms with E-state index in [1.54, 1.807) is 0 Å². The Kier molecular flexibility index (Phi) is 4.16. The summed E-state index contributed by atoms with van der Waals surface area (Å²) in [5.41, 5.74) is 7.94. The molecule has 3 heteroatoms. The van der Waals surface area contributed by atoms with Crippen molar-refractivity contribution in [3.8, 4) is 0 Å². The number of para-hydroxylation sites is 1. The largest absolute Gasteiger partial charge is 0.397 e. The zero-order chi connectivity index (χ0) is 12.3. The molecule has 0 amide bonds. The summed E-state index contributed by atoms with van der Waals surface area (Å²) >= 11 is 6.32. The molecule has 0 saturated carbocycles.